The number of sulfone groups is 1. The zero-order valence-electron chi connectivity index (χ0n) is 14.3. The molecule has 1 aromatic heterocycles. The van der Waals surface area contributed by atoms with Gasteiger partial charge in [-0.15, -0.1) is 11.3 Å². The Morgan fingerprint density at radius 2 is 1.96 bits per heavy atom. The normalized spacial score (nSPS) is 22.0. The van der Waals surface area contributed by atoms with Crippen LogP contribution in [0.4, 0.5) is 0 Å². The second kappa shape index (κ2) is 6.74. The molecule has 2 heterocycles. The standard InChI is InChI=1S/C18H21NO4S3/c20-25(21)10-8-16(13-25)19(12-17-5-2-9-24-17)26(22,23)18-7-6-14-3-1-4-15(14)11-18/h2,5-7,9,11,16H,1,3-4,8,10,12-13H2/t16-/m1/s1. The molecule has 0 radical (unpaired) electrons. The van der Waals surface area contributed by atoms with Gasteiger partial charge in [0.05, 0.1) is 16.4 Å². The summed E-state index contributed by atoms with van der Waals surface area (Å²) in [5, 5.41) is 1.90. The predicted octanol–water partition coefficient (Wildman–Crippen LogP) is 2.61. The maximum atomic E-state index is 13.4. The molecule has 2 aliphatic rings. The van der Waals surface area contributed by atoms with Gasteiger partial charge in [0.15, 0.2) is 9.84 Å². The second-order valence-electron chi connectivity index (χ2n) is 6.97. The highest BCUT2D eigenvalue weighted by molar-refractivity contribution is 7.92. The number of rotatable bonds is 5. The van der Waals surface area contributed by atoms with E-state index in [1.807, 2.05) is 23.6 Å². The summed E-state index contributed by atoms with van der Waals surface area (Å²) in [5.41, 5.74) is 2.32. The zero-order valence-corrected chi connectivity index (χ0v) is 16.7. The fourth-order valence-electron chi connectivity index (χ4n) is 3.81. The van der Waals surface area contributed by atoms with Crippen LogP contribution in [0.2, 0.25) is 0 Å². The Labute approximate surface area is 158 Å². The molecular formula is C18H21NO4S3. The molecule has 0 saturated carbocycles. The van der Waals surface area contributed by atoms with Gasteiger partial charge >= 0.3 is 0 Å². The van der Waals surface area contributed by atoms with Gasteiger partial charge in [-0.05, 0) is 60.4 Å². The molecular weight excluding hydrogens is 390 g/mol. The average Bonchev–Trinajstić information content (AvgIpc) is 3.32. The second-order valence-corrected chi connectivity index (χ2v) is 12.1. The van der Waals surface area contributed by atoms with E-state index < -0.39 is 25.9 Å². The molecule has 4 rings (SSSR count). The quantitative estimate of drug-likeness (QED) is 0.758. The molecule has 8 heteroatoms. The molecule has 2 aromatic rings. The Balaban J connectivity index is 1.72. The number of hydrogen-bond acceptors (Lipinski definition) is 5. The Hall–Kier alpha value is -1.22. The molecule has 0 N–H and O–H groups in total. The summed E-state index contributed by atoms with van der Waals surface area (Å²) in [6.45, 7) is 0.220. The summed E-state index contributed by atoms with van der Waals surface area (Å²) in [6, 6.07) is 8.63. The minimum Gasteiger partial charge on any atom is -0.229 e. The highest BCUT2D eigenvalue weighted by Crippen LogP contribution is 2.31. The van der Waals surface area contributed by atoms with Crippen LogP contribution in [0.3, 0.4) is 0 Å². The van der Waals surface area contributed by atoms with Crippen molar-refractivity contribution < 1.29 is 16.8 Å². The lowest BCUT2D eigenvalue weighted by molar-refractivity contribution is 0.336. The number of fused-ring (bicyclic) bond motifs is 1. The van der Waals surface area contributed by atoms with Crippen molar-refractivity contribution in [3.05, 3.63) is 51.7 Å². The lowest BCUT2D eigenvalue weighted by Gasteiger charge is -2.27. The third-order valence-corrected chi connectivity index (χ3v) is 9.69. The molecule has 0 spiro atoms. The lowest BCUT2D eigenvalue weighted by Crippen LogP contribution is -2.40. The number of thiophene rings is 1. The first-order valence-electron chi connectivity index (χ1n) is 8.72. The molecule has 1 saturated heterocycles. The number of hydrogen-bond donors (Lipinski definition) is 0. The Morgan fingerprint density at radius 3 is 2.65 bits per heavy atom. The molecule has 26 heavy (non-hydrogen) atoms. The van der Waals surface area contributed by atoms with Gasteiger partial charge < -0.3 is 0 Å². The minimum absolute atomic E-state index is 0.0539. The third-order valence-electron chi connectivity index (χ3n) is 5.18. The molecule has 0 amide bonds. The van der Waals surface area contributed by atoms with Crippen molar-refractivity contribution >= 4 is 31.2 Å². The molecule has 1 atom stereocenters. The maximum Gasteiger partial charge on any atom is 0.243 e. The van der Waals surface area contributed by atoms with E-state index in [1.165, 1.54) is 21.2 Å². The van der Waals surface area contributed by atoms with E-state index in [-0.39, 0.29) is 22.9 Å². The van der Waals surface area contributed by atoms with E-state index in [0.29, 0.717) is 6.42 Å². The number of nitrogens with zero attached hydrogens (tertiary/aromatic N) is 1. The van der Waals surface area contributed by atoms with Crippen molar-refractivity contribution in [2.24, 2.45) is 0 Å². The van der Waals surface area contributed by atoms with E-state index in [9.17, 15) is 16.8 Å². The largest absolute Gasteiger partial charge is 0.243 e. The van der Waals surface area contributed by atoms with Crippen molar-refractivity contribution in [2.75, 3.05) is 11.5 Å². The van der Waals surface area contributed by atoms with Crippen molar-refractivity contribution in [3.63, 3.8) is 0 Å². The highest BCUT2D eigenvalue weighted by atomic mass is 32.2. The van der Waals surface area contributed by atoms with Crippen LogP contribution in [-0.4, -0.2) is 38.7 Å². The fourth-order valence-corrected chi connectivity index (χ4v) is 8.11. The van der Waals surface area contributed by atoms with Crippen LogP contribution in [-0.2, 0) is 39.2 Å². The molecule has 1 aromatic carbocycles. The molecule has 0 bridgehead atoms. The van der Waals surface area contributed by atoms with Crippen LogP contribution in [0.1, 0.15) is 28.8 Å². The molecule has 140 valence electrons. The van der Waals surface area contributed by atoms with E-state index in [2.05, 4.69) is 0 Å². The van der Waals surface area contributed by atoms with E-state index in [4.69, 9.17) is 0 Å². The third kappa shape index (κ3) is 3.47. The van der Waals surface area contributed by atoms with Gasteiger partial charge in [0.25, 0.3) is 0 Å². The maximum absolute atomic E-state index is 13.4. The van der Waals surface area contributed by atoms with Crippen molar-refractivity contribution in [1.29, 1.82) is 0 Å². The van der Waals surface area contributed by atoms with E-state index >= 15 is 0 Å². The summed E-state index contributed by atoms with van der Waals surface area (Å²) in [4.78, 5) is 1.19. The van der Waals surface area contributed by atoms with Crippen LogP contribution in [0.5, 0.6) is 0 Å². The van der Waals surface area contributed by atoms with Crippen molar-refractivity contribution in [3.8, 4) is 0 Å². The Morgan fingerprint density at radius 1 is 1.15 bits per heavy atom. The van der Waals surface area contributed by atoms with Gasteiger partial charge in [-0.1, -0.05) is 12.1 Å². The van der Waals surface area contributed by atoms with Gasteiger partial charge in [0, 0.05) is 17.5 Å². The van der Waals surface area contributed by atoms with Gasteiger partial charge in [0.2, 0.25) is 10.0 Å². The first kappa shape index (κ1) is 18.2. The zero-order chi connectivity index (χ0) is 18.4. The molecule has 5 nitrogen and oxygen atoms in total. The monoisotopic (exact) mass is 411 g/mol. The van der Waals surface area contributed by atoms with Crippen LogP contribution in [0.15, 0.2) is 40.6 Å². The SMILES string of the molecule is O=S1(=O)CC[C@@H](N(Cc2cccs2)S(=O)(=O)c2ccc3c(c2)CCC3)C1. The van der Waals surface area contributed by atoms with E-state index in [0.717, 1.165) is 29.7 Å². The topological polar surface area (TPSA) is 71.5 Å². The Bertz CT molecular complexity index is 1010. The summed E-state index contributed by atoms with van der Waals surface area (Å²) in [5.74, 6) is -0.0408. The average molecular weight is 412 g/mol. The molecule has 0 unspecified atom stereocenters. The van der Waals surface area contributed by atoms with Gasteiger partial charge in [-0.2, -0.15) is 4.31 Å². The smallest absolute Gasteiger partial charge is 0.229 e. The summed E-state index contributed by atoms with van der Waals surface area (Å²) in [7, 11) is -6.93. The summed E-state index contributed by atoms with van der Waals surface area (Å²) < 4.78 is 52.1. The first-order chi connectivity index (χ1) is 12.4. The summed E-state index contributed by atoms with van der Waals surface area (Å²) in [6.07, 6.45) is 3.31. The van der Waals surface area contributed by atoms with Crippen LogP contribution < -0.4 is 0 Å². The molecule has 1 aliphatic carbocycles. The van der Waals surface area contributed by atoms with Crippen molar-refractivity contribution in [2.45, 2.75) is 43.2 Å². The summed E-state index contributed by atoms with van der Waals surface area (Å²) >= 11 is 1.49. The van der Waals surface area contributed by atoms with Gasteiger partial charge in [-0.3, -0.25) is 0 Å². The lowest BCUT2D eigenvalue weighted by atomic mass is 10.1. The predicted molar refractivity (Wildman–Crippen MR) is 103 cm³/mol. The number of benzene rings is 1. The fraction of sp³-hybridized carbons (Fsp3) is 0.444. The van der Waals surface area contributed by atoms with Crippen LogP contribution >= 0.6 is 11.3 Å². The van der Waals surface area contributed by atoms with Gasteiger partial charge in [-0.25, -0.2) is 16.8 Å². The molecule has 1 aliphatic heterocycles. The first-order valence-corrected chi connectivity index (χ1v) is 12.9. The van der Waals surface area contributed by atoms with Crippen LogP contribution in [0.25, 0.3) is 0 Å². The minimum atomic E-state index is -3.76. The van der Waals surface area contributed by atoms with Gasteiger partial charge in [0.1, 0.15) is 0 Å². The number of sulfonamides is 1. The van der Waals surface area contributed by atoms with Crippen LogP contribution in [0, 0.1) is 0 Å². The highest BCUT2D eigenvalue weighted by Gasteiger charge is 2.39. The van der Waals surface area contributed by atoms with E-state index in [1.54, 1.807) is 12.1 Å². The Kier molecular flexibility index (Phi) is 4.71. The van der Waals surface area contributed by atoms with Crippen molar-refractivity contribution in [1.82, 2.24) is 4.31 Å². The molecule has 1 fully saturated rings. The number of aryl methyl sites for hydroxylation is 2.